The van der Waals surface area contributed by atoms with Crippen LogP contribution in [0.25, 0.3) is 0 Å². The van der Waals surface area contributed by atoms with Crippen LogP contribution in [-0.2, 0) is 6.54 Å². The molecule has 0 spiro atoms. The number of rotatable bonds is 3. The Kier molecular flexibility index (Phi) is 3.79. The van der Waals surface area contributed by atoms with E-state index < -0.39 is 6.04 Å². The van der Waals surface area contributed by atoms with Crippen LogP contribution in [0, 0.1) is 28.5 Å². The quantitative estimate of drug-likeness (QED) is 0.750. The van der Waals surface area contributed by atoms with Crippen molar-refractivity contribution in [3.8, 4) is 12.1 Å². The summed E-state index contributed by atoms with van der Waals surface area (Å²) in [5, 5.41) is 17.3. The van der Waals surface area contributed by atoms with E-state index in [4.69, 9.17) is 10.5 Å². The zero-order chi connectivity index (χ0) is 11.3. The van der Waals surface area contributed by atoms with Crippen molar-refractivity contribution in [1.29, 1.82) is 10.5 Å². The summed E-state index contributed by atoms with van der Waals surface area (Å²) in [6.07, 6.45) is 0. The van der Waals surface area contributed by atoms with Crippen LogP contribution in [-0.4, -0.2) is 18.0 Å². The van der Waals surface area contributed by atoms with Gasteiger partial charge < -0.3 is 0 Å². The van der Waals surface area contributed by atoms with Crippen LogP contribution in [0.15, 0.2) is 24.3 Å². The average Bonchev–Trinajstić information content (AvgIpc) is 2.19. The summed E-state index contributed by atoms with van der Waals surface area (Å²) in [6.45, 7) is 0.379. The molecule has 4 heteroatoms. The Labute approximate surface area is 88.0 Å². The molecule has 0 N–H and O–H groups in total. The molecule has 0 aliphatic rings. The van der Waals surface area contributed by atoms with Crippen molar-refractivity contribution in [2.45, 2.75) is 12.6 Å². The Morgan fingerprint density at radius 3 is 2.60 bits per heavy atom. The van der Waals surface area contributed by atoms with Crippen molar-refractivity contribution >= 4 is 0 Å². The molecular formula is C11H10FN3. The molecule has 0 bridgehead atoms. The highest BCUT2D eigenvalue weighted by molar-refractivity contribution is 5.17. The van der Waals surface area contributed by atoms with Gasteiger partial charge in [-0.05, 0) is 24.7 Å². The van der Waals surface area contributed by atoms with Gasteiger partial charge in [0.1, 0.15) is 5.82 Å². The zero-order valence-electron chi connectivity index (χ0n) is 8.31. The minimum absolute atomic E-state index is 0.314. The van der Waals surface area contributed by atoms with Gasteiger partial charge in [0.05, 0.1) is 12.1 Å². The Balaban J connectivity index is 2.71. The molecule has 0 saturated carbocycles. The number of nitriles is 2. The Hall–Kier alpha value is -1.91. The van der Waals surface area contributed by atoms with Gasteiger partial charge in [0.2, 0.25) is 0 Å². The fourth-order valence-corrected chi connectivity index (χ4v) is 1.24. The van der Waals surface area contributed by atoms with Gasteiger partial charge in [0.15, 0.2) is 6.04 Å². The Morgan fingerprint density at radius 1 is 1.40 bits per heavy atom. The molecule has 0 radical (unpaired) electrons. The highest BCUT2D eigenvalue weighted by Crippen LogP contribution is 2.07. The maximum Gasteiger partial charge on any atom is 0.186 e. The topological polar surface area (TPSA) is 50.8 Å². The third kappa shape index (κ3) is 3.05. The van der Waals surface area contributed by atoms with Gasteiger partial charge in [-0.1, -0.05) is 12.1 Å². The number of benzene rings is 1. The summed E-state index contributed by atoms with van der Waals surface area (Å²) in [5.74, 6) is -0.314. The summed E-state index contributed by atoms with van der Waals surface area (Å²) in [7, 11) is 1.65. The largest absolute Gasteiger partial charge is 0.275 e. The number of nitrogens with zero attached hydrogens (tertiary/aromatic N) is 3. The summed E-state index contributed by atoms with van der Waals surface area (Å²) in [5.41, 5.74) is 0.744. The molecule has 0 aromatic heterocycles. The average molecular weight is 203 g/mol. The first kappa shape index (κ1) is 11.2. The molecule has 1 aromatic rings. The number of hydrogen-bond acceptors (Lipinski definition) is 3. The van der Waals surface area contributed by atoms with Crippen LogP contribution in [0.3, 0.4) is 0 Å². The molecule has 0 fully saturated rings. The second-order valence-electron chi connectivity index (χ2n) is 3.21. The van der Waals surface area contributed by atoms with E-state index in [1.807, 2.05) is 12.1 Å². The fourth-order valence-electron chi connectivity index (χ4n) is 1.24. The van der Waals surface area contributed by atoms with E-state index in [1.54, 1.807) is 24.1 Å². The normalized spacial score (nSPS) is 10.0. The van der Waals surface area contributed by atoms with Crippen LogP contribution in [0.2, 0.25) is 0 Å². The van der Waals surface area contributed by atoms with Gasteiger partial charge in [-0.15, -0.1) is 0 Å². The first-order valence-electron chi connectivity index (χ1n) is 4.41. The monoisotopic (exact) mass is 203 g/mol. The van der Waals surface area contributed by atoms with Crippen molar-refractivity contribution in [3.63, 3.8) is 0 Å². The highest BCUT2D eigenvalue weighted by Gasteiger charge is 2.12. The second-order valence-corrected chi connectivity index (χ2v) is 3.21. The minimum atomic E-state index is -0.798. The lowest BCUT2D eigenvalue weighted by atomic mass is 10.2. The molecule has 0 heterocycles. The number of halogens is 1. The van der Waals surface area contributed by atoms with Crippen molar-refractivity contribution in [2.75, 3.05) is 7.05 Å². The van der Waals surface area contributed by atoms with Crippen molar-refractivity contribution in [2.24, 2.45) is 0 Å². The maximum atomic E-state index is 12.8. The van der Waals surface area contributed by atoms with Gasteiger partial charge >= 0.3 is 0 Å². The SMILES string of the molecule is CN(Cc1cccc(F)c1)C(C#N)C#N. The van der Waals surface area contributed by atoms with Gasteiger partial charge in [-0.25, -0.2) is 4.39 Å². The summed E-state index contributed by atoms with van der Waals surface area (Å²) >= 11 is 0. The van der Waals surface area contributed by atoms with Crippen molar-refractivity contribution < 1.29 is 4.39 Å². The molecule has 1 aromatic carbocycles. The third-order valence-electron chi connectivity index (χ3n) is 2.01. The molecule has 1 rings (SSSR count). The highest BCUT2D eigenvalue weighted by atomic mass is 19.1. The molecule has 0 saturated heterocycles. The molecule has 3 nitrogen and oxygen atoms in total. The van der Waals surface area contributed by atoms with Crippen molar-refractivity contribution in [1.82, 2.24) is 4.90 Å². The van der Waals surface area contributed by atoms with Crippen LogP contribution in [0.4, 0.5) is 4.39 Å². The van der Waals surface area contributed by atoms with Crippen LogP contribution < -0.4 is 0 Å². The molecule has 15 heavy (non-hydrogen) atoms. The van der Waals surface area contributed by atoms with Gasteiger partial charge in [0, 0.05) is 6.54 Å². The molecule has 0 unspecified atom stereocenters. The Morgan fingerprint density at radius 2 is 2.07 bits per heavy atom. The first-order valence-corrected chi connectivity index (χ1v) is 4.41. The Bertz CT molecular complexity index is 403. The molecule has 0 atom stereocenters. The smallest absolute Gasteiger partial charge is 0.186 e. The lowest BCUT2D eigenvalue weighted by Gasteiger charge is -2.16. The lowest BCUT2D eigenvalue weighted by molar-refractivity contribution is 0.320. The second kappa shape index (κ2) is 5.09. The fraction of sp³-hybridized carbons (Fsp3) is 0.273. The van der Waals surface area contributed by atoms with Crippen LogP contribution in [0.5, 0.6) is 0 Å². The van der Waals surface area contributed by atoms with Crippen LogP contribution in [0.1, 0.15) is 5.56 Å². The van der Waals surface area contributed by atoms with Gasteiger partial charge in [-0.2, -0.15) is 10.5 Å². The summed E-state index contributed by atoms with van der Waals surface area (Å²) in [4.78, 5) is 1.56. The maximum absolute atomic E-state index is 12.8. The van der Waals surface area contributed by atoms with E-state index in [0.29, 0.717) is 6.54 Å². The molecule has 0 amide bonds. The van der Waals surface area contributed by atoms with E-state index >= 15 is 0 Å². The van der Waals surface area contributed by atoms with E-state index in [0.717, 1.165) is 5.56 Å². The predicted octanol–water partition coefficient (Wildman–Crippen LogP) is 1.67. The van der Waals surface area contributed by atoms with Crippen molar-refractivity contribution in [3.05, 3.63) is 35.6 Å². The zero-order valence-corrected chi connectivity index (χ0v) is 8.31. The third-order valence-corrected chi connectivity index (χ3v) is 2.01. The minimum Gasteiger partial charge on any atom is -0.275 e. The van der Waals surface area contributed by atoms with Gasteiger partial charge in [-0.3, -0.25) is 4.90 Å². The standard InChI is InChI=1S/C11H10FN3/c1-15(11(6-13)7-14)8-9-3-2-4-10(12)5-9/h2-5,11H,8H2,1H3. The predicted molar refractivity (Wildman–Crippen MR) is 52.9 cm³/mol. The lowest BCUT2D eigenvalue weighted by Crippen LogP contribution is -2.28. The molecule has 0 aliphatic heterocycles. The molecular weight excluding hydrogens is 193 g/mol. The molecule has 0 aliphatic carbocycles. The van der Waals surface area contributed by atoms with Crippen LogP contribution >= 0.6 is 0 Å². The van der Waals surface area contributed by atoms with E-state index in [9.17, 15) is 4.39 Å². The van der Waals surface area contributed by atoms with E-state index in [-0.39, 0.29) is 5.82 Å². The van der Waals surface area contributed by atoms with E-state index in [1.165, 1.54) is 12.1 Å². The summed E-state index contributed by atoms with van der Waals surface area (Å²) in [6, 6.07) is 9.02. The first-order chi connectivity index (χ1) is 7.17. The summed E-state index contributed by atoms with van der Waals surface area (Å²) < 4.78 is 12.8. The van der Waals surface area contributed by atoms with E-state index in [2.05, 4.69) is 0 Å². The number of hydrogen-bond donors (Lipinski definition) is 0. The van der Waals surface area contributed by atoms with Gasteiger partial charge in [0.25, 0.3) is 0 Å². The molecule has 76 valence electrons.